The third-order valence-electron chi connectivity index (χ3n) is 4.17. The molecule has 7 N–H and O–H groups in total. The first-order chi connectivity index (χ1) is 13.2. The smallest absolute Gasteiger partial charge is 0.258 e. The van der Waals surface area contributed by atoms with Gasteiger partial charge in [0.15, 0.2) is 12.1 Å². The molecule has 28 heavy (non-hydrogen) atoms. The number of aliphatic hydroxyl groups excluding tert-OH is 5. The minimum absolute atomic E-state index is 0.000252. The average Bonchev–Trinajstić information content (AvgIpc) is 3.07. The maximum Gasteiger partial charge on any atom is 0.258 e. The molecule has 0 saturated heterocycles. The number of imide groups is 1. The van der Waals surface area contributed by atoms with Crippen LogP contribution in [0.4, 0.5) is 0 Å². The normalized spacial score (nSPS) is 23.1. The summed E-state index contributed by atoms with van der Waals surface area (Å²) >= 11 is 0. The zero-order chi connectivity index (χ0) is 21.0. The Morgan fingerprint density at radius 2 is 1.82 bits per heavy atom. The Morgan fingerprint density at radius 3 is 2.43 bits per heavy atom. The summed E-state index contributed by atoms with van der Waals surface area (Å²) in [5, 5.41) is 58.6. The van der Waals surface area contributed by atoms with Crippen LogP contribution < -0.4 is 5.32 Å². The molecule has 154 valence electrons. The van der Waals surface area contributed by atoms with Crippen LogP contribution >= 0.6 is 0 Å². The summed E-state index contributed by atoms with van der Waals surface area (Å²) in [5.41, 5.74) is 0.257. The molecule has 0 aliphatic carbocycles. The summed E-state index contributed by atoms with van der Waals surface area (Å²) in [6, 6.07) is 4.99. The highest BCUT2D eigenvalue weighted by Crippen LogP contribution is 2.24. The van der Waals surface area contributed by atoms with Gasteiger partial charge in [-0.25, -0.2) is 4.99 Å². The zero-order valence-corrected chi connectivity index (χ0v) is 14.8. The largest absolute Gasteiger partial charge is 0.507 e. The molecule has 1 heterocycles. The quantitative estimate of drug-likeness (QED) is 0.251. The van der Waals surface area contributed by atoms with E-state index in [0.29, 0.717) is 0 Å². The number of hydrogen-bond acceptors (Lipinski definition) is 10. The molecule has 2 rings (SSSR count). The van der Waals surface area contributed by atoms with Gasteiger partial charge in [-0.05, 0) is 19.1 Å². The lowest BCUT2D eigenvalue weighted by Gasteiger charge is -2.25. The van der Waals surface area contributed by atoms with E-state index in [2.05, 4.69) is 4.99 Å². The second-order valence-electron chi connectivity index (χ2n) is 6.25. The Labute approximate surface area is 159 Å². The number of carbonyl (C=O) groups excluding carboxylic acids is 2. The second-order valence-corrected chi connectivity index (χ2v) is 6.25. The number of carbonyl (C=O) groups is 2. The van der Waals surface area contributed by atoms with Gasteiger partial charge in [-0.1, -0.05) is 12.1 Å². The molecule has 0 bridgehead atoms. The van der Waals surface area contributed by atoms with Crippen molar-refractivity contribution >= 4 is 17.7 Å². The van der Waals surface area contributed by atoms with Crippen LogP contribution in [0.5, 0.6) is 5.75 Å². The van der Waals surface area contributed by atoms with Crippen molar-refractivity contribution in [3.05, 3.63) is 29.8 Å². The van der Waals surface area contributed by atoms with E-state index in [1.807, 2.05) is 5.32 Å². The van der Waals surface area contributed by atoms with Gasteiger partial charge in [0.05, 0.1) is 12.2 Å². The minimum Gasteiger partial charge on any atom is -0.507 e. The predicted octanol–water partition coefficient (Wildman–Crippen LogP) is -3.00. The fourth-order valence-electron chi connectivity index (χ4n) is 2.51. The van der Waals surface area contributed by atoms with E-state index in [1.165, 1.54) is 19.1 Å². The Bertz CT molecular complexity index is 754. The number of benzene rings is 1. The molecule has 0 spiro atoms. The standard InChI is InChI=1S/C17H22N2O9/c1-7-11(18-17(28-7)8-4-2-3-5-9(8)21)15(26)19-16(27)14(25)13(24)12(23)10(22)6-20/h2-5,7,10-14,20-25H,6H2,1H3,(H,19,26,27)/t7?,10-,11?,12-,13-,14+/m0/s1. The molecule has 0 saturated carbocycles. The van der Waals surface area contributed by atoms with Crippen molar-refractivity contribution in [2.75, 3.05) is 6.61 Å². The van der Waals surface area contributed by atoms with Crippen LogP contribution in [0, 0.1) is 0 Å². The number of aromatic hydroxyl groups is 1. The number of amides is 2. The lowest BCUT2D eigenvalue weighted by molar-refractivity contribution is -0.151. The number of ether oxygens (including phenoxy) is 1. The maximum atomic E-state index is 12.3. The highest BCUT2D eigenvalue weighted by atomic mass is 16.5. The highest BCUT2D eigenvalue weighted by Gasteiger charge is 2.38. The van der Waals surface area contributed by atoms with Crippen molar-refractivity contribution in [2.24, 2.45) is 4.99 Å². The van der Waals surface area contributed by atoms with Crippen LogP contribution in [0.2, 0.25) is 0 Å². The van der Waals surface area contributed by atoms with Crippen LogP contribution in [-0.2, 0) is 14.3 Å². The Kier molecular flexibility index (Phi) is 7.05. The molecule has 2 amide bonds. The Hall–Kier alpha value is -2.57. The monoisotopic (exact) mass is 398 g/mol. The van der Waals surface area contributed by atoms with Crippen molar-refractivity contribution in [2.45, 2.75) is 43.5 Å². The maximum absolute atomic E-state index is 12.3. The van der Waals surface area contributed by atoms with Crippen molar-refractivity contribution in [1.82, 2.24) is 5.32 Å². The van der Waals surface area contributed by atoms with Crippen molar-refractivity contribution < 1.29 is 45.0 Å². The third kappa shape index (κ3) is 4.64. The lowest BCUT2D eigenvalue weighted by Crippen LogP contribution is -2.54. The third-order valence-corrected chi connectivity index (χ3v) is 4.17. The first-order valence-electron chi connectivity index (χ1n) is 8.38. The van der Waals surface area contributed by atoms with Gasteiger partial charge in [0.1, 0.15) is 30.2 Å². The highest BCUT2D eigenvalue weighted by molar-refractivity contribution is 6.04. The van der Waals surface area contributed by atoms with Gasteiger partial charge < -0.3 is 35.4 Å². The number of phenols is 1. The Balaban J connectivity index is 2.05. The number of nitrogens with zero attached hydrogens (tertiary/aromatic N) is 1. The molecule has 6 atom stereocenters. The molecule has 11 nitrogen and oxygen atoms in total. The van der Waals surface area contributed by atoms with Gasteiger partial charge in [-0.15, -0.1) is 0 Å². The van der Waals surface area contributed by atoms with Gasteiger partial charge >= 0.3 is 0 Å². The fraction of sp³-hybridized carbons (Fsp3) is 0.471. The first kappa shape index (κ1) is 21.7. The van der Waals surface area contributed by atoms with Gasteiger partial charge in [0, 0.05) is 0 Å². The average molecular weight is 398 g/mol. The SMILES string of the molecule is CC1OC(c2ccccc2O)=NC1C(=O)NC(=O)[C@H](O)[C@@H](O)[C@@H](O)[C@@H](O)CO. The van der Waals surface area contributed by atoms with E-state index in [1.54, 1.807) is 12.1 Å². The van der Waals surface area contributed by atoms with Crippen LogP contribution in [-0.4, -0.2) is 91.5 Å². The molecule has 1 aromatic carbocycles. The summed E-state index contributed by atoms with van der Waals surface area (Å²) in [5.74, 6) is -2.38. The molecule has 11 heteroatoms. The molecule has 1 aliphatic rings. The van der Waals surface area contributed by atoms with Crippen LogP contribution in [0.15, 0.2) is 29.3 Å². The number of para-hydroxylation sites is 1. The van der Waals surface area contributed by atoms with Crippen molar-refractivity contribution in [3.63, 3.8) is 0 Å². The van der Waals surface area contributed by atoms with E-state index in [0.717, 1.165) is 0 Å². The number of phenolic OH excluding ortho intramolecular Hbond substituents is 1. The number of nitrogens with one attached hydrogen (secondary N) is 1. The summed E-state index contributed by atoms with van der Waals surface area (Å²) in [6.45, 7) is 0.601. The summed E-state index contributed by atoms with van der Waals surface area (Å²) in [4.78, 5) is 28.3. The van der Waals surface area contributed by atoms with Crippen LogP contribution in [0.3, 0.4) is 0 Å². The van der Waals surface area contributed by atoms with Crippen LogP contribution in [0.1, 0.15) is 12.5 Å². The summed E-state index contributed by atoms with van der Waals surface area (Å²) < 4.78 is 5.44. The van der Waals surface area contributed by atoms with Crippen molar-refractivity contribution in [1.29, 1.82) is 0 Å². The van der Waals surface area contributed by atoms with E-state index in [9.17, 15) is 35.1 Å². The number of rotatable bonds is 7. The number of aliphatic imine (C=N–C) groups is 1. The van der Waals surface area contributed by atoms with E-state index in [4.69, 9.17) is 9.84 Å². The van der Waals surface area contributed by atoms with Crippen molar-refractivity contribution in [3.8, 4) is 5.75 Å². The van der Waals surface area contributed by atoms with E-state index in [-0.39, 0.29) is 17.2 Å². The number of hydrogen-bond donors (Lipinski definition) is 7. The van der Waals surface area contributed by atoms with E-state index >= 15 is 0 Å². The second kappa shape index (κ2) is 9.08. The molecular formula is C17H22N2O9. The molecule has 1 aliphatic heterocycles. The molecule has 1 aromatic rings. The molecule has 0 radical (unpaired) electrons. The fourth-order valence-corrected chi connectivity index (χ4v) is 2.51. The van der Waals surface area contributed by atoms with Gasteiger partial charge in [0.25, 0.3) is 11.8 Å². The summed E-state index contributed by atoms with van der Waals surface area (Å²) in [7, 11) is 0. The number of aliphatic hydroxyl groups is 5. The molecule has 0 aromatic heterocycles. The van der Waals surface area contributed by atoms with Gasteiger partial charge in [-0.2, -0.15) is 0 Å². The zero-order valence-electron chi connectivity index (χ0n) is 14.8. The molecule has 2 unspecified atom stereocenters. The Morgan fingerprint density at radius 1 is 1.18 bits per heavy atom. The predicted molar refractivity (Wildman–Crippen MR) is 93.2 cm³/mol. The van der Waals surface area contributed by atoms with E-state index < -0.39 is 55.0 Å². The minimum atomic E-state index is -2.25. The summed E-state index contributed by atoms with van der Waals surface area (Å²) in [6.07, 6.45) is -8.99. The van der Waals surface area contributed by atoms with Gasteiger partial charge in [0.2, 0.25) is 5.90 Å². The lowest BCUT2D eigenvalue weighted by atomic mass is 10.0. The topological polar surface area (TPSA) is 189 Å². The first-order valence-corrected chi connectivity index (χ1v) is 8.38. The van der Waals surface area contributed by atoms with Crippen LogP contribution in [0.25, 0.3) is 0 Å². The van der Waals surface area contributed by atoms with Gasteiger partial charge in [-0.3, -0.25) is 14.9 Å². The molecule has 0 fully saturated rings. The molecular weight excluding hydrogens is 376 g/mol.